The normalized spacial score (nSPS) is 44.0. The van der Waals surface area contributed by atoms with Crippen molar-refractivity contribution in [3.05, 3.63) is 11.6 Å². The molecule has 5 aliphatic carbocycles. The van der Waals surface area contributed by atoms with E-state index in [1.165, 1.54) is 12.8 Å². The lowest BCUT2D eigenvalue weighted by molar-refractivity contribution is -0.204. The van der Waals surface area contributed by atoms with Crippen molar-refractivity contribution in [3.8, 4) is 0 Å². The van der Waals surface area contributed by atoms with Gasteiger partial charge >= 0.3 is 0 Å². The number of aliphatic hydroxyl groups is 1. The number of carbonyl (C=O) groups is 2. The van der Waals surface area contributed by atoms with Gasteiger partial charge in [-0.3, -0.25) is 9.59 Å². The van der Waals surface area contributed by atoms with E-state index >= 15 is 0 Å². The average molecular weight is 583 g/mol. The molecule has 0 aliphatic heterocycles. The minimum atomic E-state index is -0.418. The monoisotopic (exact) mass is 582 g/mol. The molecule has 0 heterocycles. The molecule has 4 fully saturated rings. The molecule has 0 bridgehead atoms. The second-order valence-electron chi connectivity index (χ2n) is 18.7. The molecule has 0 radical (unpaired) electrons. The third-order valence-corrected chi connectivity index (χ3v) is 14.3. The van der Waals surface area contributed by atoms with E-state index in [9.17, 15) is 14.7 Å². The number of hydrogen-bond acceptors (Lipinski definition) is 3. The number of hydrogen-bond donors (Lipinski definition) is 2. The third-order valence-electron chi connectivity index (χ3n) is 14.3. The van der Waals surface area contributed by atoms with Gasteiger partial charge in [0.15, 0.2) is 0 Å². The summed E-state index contributed by atoms with van der Waals surface area (Å²) < 4.78 is 0. The molecule has 42 heavy (non-hydrogen) atoms. The number of fused-ring (bicyclic) bond motifs is 7. The molecule has 2 amide bonds. The summed E-state index contributed by atoms with van der Waals surface area (Å²) in [6.07, 6.45) is 12.9. The number of amides is 2. The fraction of sp³-hybridized carbons (Fsp3) is 0.892. The van der Waals surface area contributed by atoms with Gasteiger partial charge in [-0.25, -0.2) is 0 Å². The lowest BCUT2D eigenvalue weighted by Crippen LogP contribution is -2.65. The van der Waals surface area contributed by atoms with Crippen molar-refractivity contribution in [3.63, 3.8) is 0 Å². The van der Waals surface area contributed by atoms with Crippen molar-refractivity contribution in [2.24, 2.45) is 50.2 Å². The Morgan fingerprint density at radius 2 is 1.57 bits per heavy atom. The Morgan fingerprint density at radius 1 is 0.929 bits per heavy atom. The molecule has 5 nitrogen and oxygen atoms in total. The quantitative estimate of drug-likeness (QED) is 0.338. The first kappa shape index (κ1) is 32.0. The van der Waals surface area contributed by atoms with E-state index in [1.807, 2.05) is 27.8 Å². The van der Waals surface area contributed by atoms with Gasteiger partial charge in [-0.2, -0.15) is 0 Å². The molecule has 0 spiro atoms. The van der Waals surface area contributed by atoms with Gasteiger partial charge in [0.2, 0.25) is 11.8 Å². The van der Waals surface area contributed by atoms with Gasteiger partial charge in [0, 0.05) is 12.6 Å². The summed E-state index contributed by atoms with van der Waals surface area (Å²) >= 11 is 0. The number of carbonyl (C=O) groups excluding carboxylic acids is 2. The number of nitrogens with zero attached hydrogens (tertiary/aromatic N) is 1. The standard InChI is InChI=1S/C37H62N2O3/c1-31(2,3)38-29(41)23-39(11)30(42)37-20-18-32(4,5)22-25(37)24-12-13-27-34(8)16-15-28(40)33(6,7)26(34)14-17-36(27,10)35(24,9)19-21-37/h12,25-28,40H,13-23H2,1-11H3,(H,38,41)/t25-,26-,27+,28-,34-,35+,36+,37-/m0/s1. The SMILES string of the molecule is CN(CC(=O)NC(C)(C)C)C(=O)[C@]12CCC(C)(C)C[C@H]1C1=CC[C@@H]3[C@@]4(C)CC[C@H](O)C(C)(C)[C@@H]4CC[C@@]3(C)[C@]1(C)CC2. The van der Waals surface area contributed by atoms with Crippen LogP contribution in [0.25, 0.3) is 0 Å². The summed E-state index contributed by atoms with van der Waals surface area (Å²) in [6, 6.07) is 0. The molecule has 5 heteroatoms. The maximum Gasteiger partial charge on any atom is 0.240 e. The second-order valence-corrected chi connectivity index (χ2v) is 18.7. The summed E-state index contributed by atoms with van der Waals surface area (Å²) in [4.78, 5) is 29.2. The smallest absolute Gasteiger partial charge is 0.240 e. The van der Waals surface area contributed by atoms with Crippen LogP contribution in [0.2, 0.25) is 0 Å². The van der Waals surface area contributed by atoms with E-state index < -0.39 is 5.41 Å². The summed E-state index contributed by atoms with van der Waals surface area (Å²) in [6.45, 7) is 23.2. The molecule has 8 atom stereocenters. The predicted molar refractivity (Wildman–Crippen MR) is 171 cm³/mol. The average Bonchev–Trinajstić information content (AvgIpc) is 2.85. The van der Waals surface area contributed by atoms with Crippen LogP contribution in [0, 0.1) is 50.2 Å². The minimum absolute atomic E-state index is 0.0510. The van der Waals surface area contributed by atoms with Gasteiger partial charge in [-0.15, -0.1) is 0 Å². The molecular weight excluding hydrogens is 520 g/mol. The molecule has 4 saturated carbocycles. The number of nitrogens with one attached hydrogen (secondary N) is 1. The Balaban J connectivity index is 1.51. The summed E-state index contributed by atoms with van der Waals surface area (Å²) in [5.74, 6) is 1.46. The van der Waals surface area contributed by atoms with Crippen molar-refractivity contribution in [2.45, 2.75) is 145 Å². The Hall–Kier alpha value is -1.36. The topological polar surface area (TPSA) is 69.6 Å². The number of aliphatic hydroxyl groups excluding tert-OH is 1. The Morgan fingerprint density at radius 3 is 2.21 bits per heavy atom. The molecule has 5 rings (SSSR count). The highest BCUT2D eigenvalue weighted by Crippen LogP contribution is 2.75. The van der Waals surface area contributed by atoms with E-state index in [2.05, 4.69) is 59.9 Å². The largest absolute Gasteiger partial charge is 0.393 e. The van der Waals surface area contributed by atoms with Crippen LogP contribution in [0.15, 0.2) is 11.6 Å². The van der Waals surface area contributed by atoms with Crippen LogP contribution in [0.1, 0.15) is 133 Å². The van der Waals surface area contributed by atoms with E-state index in [0.29, 0.717) is 11.8 Å². The van der Waals surface area contributed by atoms with E-state index in [4.69, 9.17) is 0 Å². The van der Waals surface area contributed by atoms with Gasteiger partial charge in [0.25, 0.3) is 0 Å². The fourth-order valence-electron chi connectivity index (χ4n) is 11.7. The predicted octanol–water partition coefficient (Wildman–Crippen LogP) is 7.52. The Labute approximate surface area is 257 Å². The first-order valence-electron chi connectivity index (χ1n) is 17.1. The van der Waals surface area contributed by atoms with Gasteiger partial charge < -0.3 is 15.3 Å². The number of allylic oxidation sites excluding steroid dienone is 2. The molecule has 0 aromatic carbocycles. The molecule has 0 unspecified atom stereocenters. The molecule has 0 saturated heterocycles. The highest BCUT2D eigenvalue weighted by Gasteiger charge is 2.69. The first-order valence-corrected chi connectivity index (χ1v) is 17.1. The van der Waals surface area contributed by atoms with Crippen LogP contribution in [0.3, 0.4) is 0 Å². The van der Waals surface area contributed by atoms with Gasteiger partial charge in [-0.05, 0) is 130 Å². The molecule has 0 aromatic heterocycles. The first-order chi connectivity index (χ1) is 19.1. The molecule has 2 N–H and O–H groups in total. The molecule has 0 aromatic rings. The molecule has 5 aliphatic rings. The van der Waals surface area contributed by atoms with Crippen molar-refractivity contribution >= 4 is 11.8 Å². The van der Waals surface area contributed by atoms with Crippen molar-refractivity contribution in [1.29, 1.82) is 0 Å². The number of rotatable bonds is 3. The Kier molecular flexibility index (Phi) is 7.49. The van der Waals surface area contributed by atoms with Crippen molar-refractivity contribution in [1.82, 2.24) is 10.2 Å². The summed E-state index contributed by atoms with van der Waals surface area (Å²) in [5.41, 5.74) is 1.44. The van der Waals surface area contributed by atoms with Gasteiger partial charge in [0.05, 0.1) is 18.1 Å². The highest BCUT2D eigenvalue weighted by molar-refractivity contribution is 5.89. The third kappa shape index (κ3) is 4.64. The highest BCUT2D eigenvalue weighted by atomic mass is 16.3. The Bertz CT molecular complexity index is 1150. The van der Waals surface area contributed by atoms with Crippen molar-refractivity contribution in [2.75, 3.05) is 13.6 Å². The molecular formula is C37H62N2O3. The maximum atomic E-state index is 14.5. The zero-order valence-electron chi connectivity index (χ0n) is 28.9. The van der Waals surface area contributed by atoms with Crippen LogP contribution < -0.4 is 5.32 Å². The number of likely N-dealkylation sites (N-methyl/N-ethyl adjacent to an activating group) is 1. The van der Waals surface area contributed by atoms with Gasteiger partial charge in [-0.1, -0.05) is 60.1 Å². The van der Waals surface area contributed by atoms with Crippen molar-refractivity contribution < 1.29 is 14.7 Å². The zero-order chi connectivity index (χ0) is 31.3. The van der Waals surface area contributed by atoms with E-state index in [0.717, 1.165) is 51.4 Å². The van der Waals surface area contributed by atoms with Crippen LogP contribution in [-0.2, 0) is 9.59 Å². The van der Waals surface area contributed by atoms with E-state index in [1.54, 1.807) is 10.5 Å². The maximum absolute atomic E-state index is 14.5. The lowest BCUT2D eigenvalue weighted by Gasteiger charge is -2.71. The van der Waals surface area contributed by atoms with Crippen LogP contribution in [0.4, 0.5) is 0 Å². The lowest BCUT2D eigenvalue weighted by atomic mass is 9.33. The van der Waals surface area contributed by atoms with Gasteiger partial charge in [0.1, 0.15) is 0 Å². The molecule has 238 valence electrons. The minimum Gasteiger partial charge on any atom is -0.393 e. The van der Waals surface area contributed by atoms with Crippen LogP contribution >= 0.6 is 0 Å². The van der Waals surface area contributed by atoms with E-state index in [-0.39, 0.29) is 63.0 Å². The second kappa shape index (κ2) is 9.82. The fourth-order valence-corrected chi connectivity index (χ4v) is 11.7. The summed E-state index contributed by atoms with van der Waals surface area (Å²) in [7, 11) is 1.85. The van der Waals surface area contributed by atoms with Crippen LogP contribution in [-0.4, -0.2) is 47.1 Å². The zero-order valence-corrected chi connectivity index (χ0v) is 28.9. The summed E-state index contributed by atoms with van der Waals surface area (Å²) in [5, 5.41) is 14.1. The van der Waals surface area contributed by atoms with Crippen LogP contribution in [0.5, 0.6) is 0 Å².